The molecule has 34 heavy (non-hydrogen) atoms. The summed E-state index contributed by atoms with van der Waals surface area (Å²) in [4.78, 5) is 36.6. The molecule has 0 saturated carbocycles. The number of piperidine rings is 1. The van der Waals surface area contributed by atoms with Crippen LogP contribution in [0.1, 0.15) is 24.5 Å². The molecule has 3 aromatic heterocycles. The fourth-order valence-electron chi connectivity index (χ4n) is 3.70. The maximum Gasteiger partial charge on any atom is 0.490 e. The van der Waals surface area contributed by atoms with E-state index >= 15 is 0 Å². The molecule has 3 aromatic rings. The third-order valence-corrected chi connectivity index (χ3v) is 5.44. The number of hydrogen-bond donors (Lipinski definition) is 1. The lowest BCUT2D eigenvalue weighted by Gasteiger charge is -2.31. The molecule has 1 saturated heterocycles. The van der Waals surface area contributed by atoms with Crippen LogP contribution in [0.2, 0.25) is 0 Å². The number of aliphatic carboxylic acids is 1. The summed E-state index contributed by atoms with van der Waals surface area (Å²) in [6.45, 7) is 1.62. The Morgan fingerprint density at radius 2 is 1.94 bits per heavy atom. The molecule has 1 fully saturated rings. The maximum atomic E-state index is 12.0. The van der Waals surface area contributed by atoms with Crippen molar-refractivity contribution in [3.63, 3.8) is 0 Å². The van der Waals surface area contributed by atoms with Crippen molar-refractivity contribution < 1.29 is 32.6 Å². The first kappa shape index (κ1) is 25.1. The Labute approximate surface area is 193 Å². The van der Waals surface area contributed by atoms with Crippen LogP contribution in [0, 0.1) is 0 Å². The number of likely N-dealkylation sites (tertiary alicyclic amines) is 1. The van der Waals surface area contributed by atoms with Crippen LogP contribution in [0.15, 0.2) is 36.9 Å². The van der Waals surface area contributed by atoms with E-state index in [0.717, 1.165) is 53.9 Å². The van der Waals surface area contributed by atoms with Gasteiger partial charge in [0.1, 0.15) is 12.1 Å². The Bertz CT molecular complexity index is 1140. The zero-order valence-corrected chi connectivity index (χ0v) is 18.6. The van der Waals surface area contributed by atoms with E-state index < -0.39 is 12.1 Å². The van der Waals surface area contributed by atoms with Crippen LogP contribution in [-0.2, 0) is 21.4 Å². The van der Waals surface area contributed by atoms with Crippen LogP contribution in [0.3, 0.4) is 0 Å². The lowest BCUT2D eigenvalue weighted by molar-refractivity contribution is -0.192. The van der Waals surface area contributed by atoms with Gasteiger partial charge in [0.15, 0.2) is 0 Å². The predicted octanol–water partition coefficient (Wildman–Crippen LogP) is 3.02. The Balaban J connectivity index is 0.000000406. The van der Waals surface area contributed by atoms with Gasteiger partial charge in [0.2, 0.25) is 5.91 Å². The third-order valence-electron chi connectivity index (χ3n) is 5.44. The van der Waals surface area contributed by atoms with Crippen LogP contribution in [-0.4, -0.2) is 74.4 Å². The van der Waals surface area contributed by atoms with Gasteiger partial charge in [0, 0.05) is 56.8 Å². The average molecular weight is 479 g/mol. The zero-order valence-electron chi connectivity index (χ0n) is 18.6. The van der Waals surface area contributed by atoms with Gasteiger partial charge in [-0.25, -0.2) is 9.78 Å². The highest BCUT2D eigenvalue weighted by Gasteiger charge is 2.38. The molecule has 0 atom stereocenters. The van der Waals surface area contributed by atoms with Gasteiger partial charge in [-0.2, -0.15) is 13.2 Å². The fraction of sp³-hybridized carbons (Fsp3) is 0.409. The van der Waals surface area contributed by atoms with Crippen LogP contribution < -0.4 is 0 Å². The molecule has 0 aliphatic carbocycles. The number of alkyl halides is 3. The number of imidazole rings is 1. The average Bonchev–Trinajstić information content (AvgIpc) is 3.20. The Morgan fingerprint density at radius 3 is 2.50 bits per heavy atom. The summed E-state index contributed by atoms with van der Waals surface area (Å²) in [6.07, 6.45) is 2.13. The number of hydrogen-bond acceptors (Lipinski definition) is 6. The smallest absolute Gasteiger partial charge is 0.475 e. The second-order valence-electron chi connectivity index (χ2n) is 7.75. The first-order valence-corrected chi connectivity index (χ1v) is 10.4. The molecule has 0 radical (unpaired) electrons. The number of carbonyl (C=O) groups is 2. The van der Waals surface area contributed by atoms with Gasteiger partial charge >= 0.3 is 12.1 Å². The minimum Gasteiger partial charge on any atom is -0.475 e. The minimum atomic E-state index is -5.08. The number of carboxylic acid groups (broad SMARTS) is 1. The Hall–Kier alpha value is -3.54. The van der Waals surface area contributed by atoms with Gasteiger partial charge in [0.25, 0.3) is 0 Å². The maximum absolute atomic E-state index is 12.0. The van der Waals surface area contributed by atoms with E-state index in [1.807, 2.05) is 41.2 Å². The molecule has 0 spiro atoms. The summed E-state index contributed by atoms with van der Waals surface area (Å²) >= 11 is 0. The number of amides is 1. The number of carbonyl (C=O) groups excluding carboxylic acids is 1. The van der Waals surface area contributed by atoms with Crippen molar-refractivity contribution in [3.8, 4) is 11.3 Å². The number of nitrogens with zero attached hydrogens (tertiary/aromatic N) is 5. The lowest BCUT2D eigenvalue weighted by atomic mass is 9.92. The molecule has 1 N–H and O–H groups in total. The van der Waals surface area contributed by atoms with Gasteiger partial charge in [-0.3, -0.25) is 14.8 Å². The Kier molecular flexibility index (Phi) is 7.82. The first-order valence-electron chi connectivity index (χ1n) is 10.4. The van der Waals surface area contributed by atoms with Gasteiger partial charge in [-0.1, -0.05) is 0 Å². The van der Waals surface area contributed by atoms with Crippen LogP contribution in [0.5, 0.6) is 0 Å². The summed E-state index contributed by atoms with van der Waals surface area (Å²) in [5, 5.41) is 7.12. The summed E-state index contributed by atoms with van der Waals surface area (Å²) in [6, 6.07) is 6.07. The van der Waals surface area contributed by atoms with Crippen molar-refractivity contribution in [2.24, 2.45) is 7.05 Å². The van der Waals surface area contributed by atoms with Gasteiger partial charge in [-0.05, 0) is 31.0 Å². The van der Waals surface area contributed by atoms with Crippen molar-refractivity contribution in [3.05, 3.63) is 42.6 Å². The molecule has 0 unspecified atom stereocenters. The first-order chi connectivity index (χ1) is 16.1. The van der Waals surface area contributed by atoms with Crippen LogP contribution in [0.25, 0.3) is 22.3 Å². The molecule has 1 aliphatic heterocycles. The second-order valence-corrected chi connectivity index (χ2v) is 7.75. The molecule has 0 bridgehead atoms. The highest BCUT2D eigenvalue weighted by molar-refractivity contribution is 5.89. The number of rotatable bonds is 4. The van der Waals surface area contributed by atoms with Crippen molar-refractivity contribution >= 4 is 22.9 Å². The van der Waals surface area contributed by atoms with E-state index in [-0.39, 0.29) is 12.5 Å². The Morgan fingerprint density at radius 1 is 1.26 bits per heavy atom. The quantitative estimate of drug-likeness (QED) is 0.613. The highest BCUT2D eigenvalue weighted by atomic mass is 19.4. The molecule has 4 rings (SSSR count). The predicted molar refractivity (Wildman–Crippen MR) is 116 cm³/mol. The number of halogens is 3. The molecule has 9 nitrogen and oxygen atoms in total. The molecule has 1 aliphatic rings. The molecular weight excluding hydrogens is 455 g/mol. The molecule has 0 aromatic carbocycles. The number of ether oxygens (including phenoxy) is 1. The van der Waals surface area contributed by atoms with Crippen LogP contribution in [0.4, 0.5) is 13.2 Å². The number of carboxylic acids is 1. The van der Waals surface area contributed by atoms with E-state index in [4.69, 9.17) is 19.6 Å². The number of pyridine rings is 2. The zero-order chi connectivity index (χ0) is 24.9. The van der Waals surface area contributed by atoms with Gasteiger partial charge < -0.3 is 19.3 Å². The summed E-state index contributed by atoms with van der Waals surface area (Å²) < 4.78 is 38.7. The van der Waals surface area contributed by atoms with Gasteiger partial charge in [-0.15, -0.1) is 0 Å². The normalized spacial score (nSPS) is 14.6. The topological polar surface area (TPSA) is 110 Å². The number of aryl methyl sites for hydroxylation is 1. The van der Waals surface area contributed by atoms with Crippen molar-refractivity contribution in [1.82, 2.24) is 24.4 Å². The summed E-state index contributed by atoms with van der Waals surface area (Å²) in [7, 11) is 3.55. The molecule has 182 valence electrons. The highest BCUT2D eigenvalue weighted by Crippen LogP contribution is 2.32. The van der Waals surface area contributed by atoms with Crippen molar-refractivity contribution in [2.75, 3.05) is 26.8 Å². The van der Waals surface area contributed by atoms with E-state index in [0.29, 0.717) is 5.92 Å². The largest absolute Gasteiger partial charge is 0.490 e. The van der Waals surface area contributed by atoms with Gasteiger partial charge in [0.05, 0.1) is 17.5 Å². The number of fused-ring (bicyclic) bond motifs is 1. The van der Waals surface area contributed by atoms with Crippen molar-refractivity contribution in [2.45, 2.75) is 24.9 Å². The summed E-state index contributed by atoms with van der Waals surface area (Å²) in [5.41, 5.74) is 4.85. The molecule has 1 amide bonds. The minimum absolute atomic E-state index is 0.0574. The van der Waals surface area contributed by atoms with Crippen molar-refractivity contribution in [1.29, 1.82) is 0 Å². The molecule has 12 heteroatoms. The molecular formula is C22H24F3N5O4. The van der Waals surface area contributed by atoms with E-state index in [2.05, 4.69) is 16.0 Å². The lowest BCUT2D eigenvalue weighted by Crippen LogP contribution is -2.39. The standard InChI is InChI=1S/C20H23N5O2.C2HF3O2/c1-24-13-22-20-17(24)10-16(23-19(20)15-4-3-7-21-11-15)14-5-8-25(9-6-14)18(26)12-27-2;3-2(4,5)1(6)7/h3-4,7,10-11,13-14H,5-6,8-9,12H2,1-2H3;(H,6,7). The van der Waals surface area contributed by atoms with E-state index in [1.54, 1.807) is 13.3 Å². The third kappa shape index (κ3) is 5.87. The monoisotopic (exact) mass is 479 g/mol. The van der Waals surface area contributed by atoms with E-state index in [9.17, 15) is 18.0 Å². The van der Waals surface area contributed by atoms with Crippen LogP contribution >= 0.6 is 0 Å². The number of methoxy groups -OCH3 is 1. The second kappa shape index (κ2) is 10.6. The van der Waals surface area contributed by atoms with E-state index in [1.165, 1.54) is 0 Å². The molecule has 4 heterocycles. The summed E-state index contributed by atoms with van der Waals surface area (Å²) in [5.74, 6) is -2.37. The number of aromatic nitrogens is 4. The SMILES string of the molecule is COCC(=O)N1CCC(c2cc3c(ncn3C)c(-c3cccnc3)n2)CC1.O=C(O)C(F)(F)F. The fourth-order valence-corrected chi connectivity index (χ4v) is 3.70.